The standard InChI is InChI=1S/C18H15ClFN3OS.C14H8BrClFNS.C4H8N2O/c19-13-3-1-2-11(6-13)16-17(20)12(7-14-18(16)22-10-25-14)8-23-5-4-21-15(24)9-23;15-6-9-5-11-14(18-7-19-11)12(13(9)17)8-2-1-3-10(16)4-8;7-4-3-5-1-2-6-4/h1-3,6-7,10H,4-5,8-9H2,(H,21,24);1-5,7H,6H2;5H,1-3H2,(H,6,7). The van der Waals surface area contributed by atoms with Gasteiger partial charge in [-0.3, -0.25) is 14.5 Å². The third-order valence-corrected chi connectivity index (χ3v) is 10.7. The predicted octanol–water partition coefficient (Wildman–Crippen LogP) is 8.04. The molecule has 3 N–H and O–H groups in total. The van der Waals surface area contributed by atoms with Gasteiger partial charge in [-0.05, 0) is 47.5 Å². The summed E-state index contributed by atoms with van der Waals surface area (Å²) in [5.74, 6) is -0.462. The fourth-order valence-electron chi connectivity index (χ4n) is 5.71. The van der Waals surface area contributed by atoms with E-state index in [1.807, 2.05) is 35.2 Å². The van der Waals surface area contributed by atoms with Gasteiger partial charge >= 0.3 is 0 Å². The summed E-state index contributed by atoms with van der Waals surface area (Å²) in [5.41, 5.74) is 8.44. The molecule has 0 atom stereocenters. The number of hydrogen-bond acceptors (Lipinski definition) is 8. The van der Waals surface area contributed by atoms with Crippen LogP contribution in [0.3, 0.4) is 0 Å². The Kier molecular flexibility index (Phi) is 12.6. The molecular formula is C36H31BrCl2F2N6O2S2. The van der Waals surface area contributed by atoms with E-state index in [1.54, 1.807) is 41.4 Å². The largest absolute Gasteiger partial charge is 0.354 e. The van der Waals surface area contributed by atoms with Crippen molar-refractivity contribution in [2.45, 2.75) is 11.9 Å². The monoisotopic (exact) mass is 830 g/mol. The quantitative estimate of drug-likeness (QED) is 0.152. The van der Waals surface area contributed by atoms with Crippen molar-refractivity contribution >= 4 is 94.1 Å². The highest BCUT2D eigenvalue weighted by Gasteiger charge is 2.22. The Labute approximate surface area is 319 Å². The first-order chi connectivity index (χ1) is 24.7. The zero-order valence-electron chi connectivity index (χ0n) is 26.9. The molecule has 2 aliphatic heterocycles. The number of halogens is 5. The van der Waals surface area contributed by atoms with Gasteiger partial charge in [-0.1, -0.05) is 63.4 Å². The fraction of sp³-hybridized carbons (Fsp3) is 0.222. The third-order valence-electron chi connectivity index (χ3n) is 8.07. The first kappa shape index (κ1) is 37.2. The molecule has 6 aromatic rings. The Bertz CT molecular complexity index is 2190. The Morgan fingerprint density at radius 3 is 1.82 bits per heavy atom. The van der Waals surface area contributed by atoms with Gasteiger partial charge in [0.15, 0.2) is 0 Å². The average molecular weight is 833 g/mol. The molecule has 8 rings (SSSR count). The Balaban J connectivity index is 0.000000151. The molecule has 15 heteroatoms. The van der Waals surface area contributed by atoms with Crippen LogP contribution in [0.5, 0.6) is 0 Å². The van der Waals surface area contributed by atoms with E-state index in [1.165, 1.54) is 22.7 Å². The highest BCUT2D eigenvalue weighted by atomic mass is 79.9. The number of rotatable bonds is 5. The normalized spacial score (nSPS) is 14.7. The minimum atomic E-state index is -0.299. The summed E-state index contributed by atoms with van der Waals surface area (Å²) in [4.78, 5) is 32.4. The molecule has 2 saturated heterocycles. The molecular weight excluding hydrogens is 801 g/mol. The van der Waals surface area contributed by atoms with Gasteiger partial charge in [0.1, 0.15) is 11.6 Å². The van der Waals surface area contributed by atoms with Gasteiger partial charge in [0.25, 0.3) is 0 Å². The van der Waals surface area contributed by atoms with Crippen LogP contribution in [-0.4, -0.2) is 66.0 Å². The maximum absolute atomic E-state index is 15.3. The Morgan fingerprint density at radius 2 is 1.33 bits per heavy atom. The van der Waals surface area contributed by atoms with Crippen molar-refractivity contribution in [3.63, 3.8) is 0 Å². The van der Waals surface area contributed by atoms with Crippen LogP contribution in [0, 0.1) is 11.6 Å². The number of thiazole rings is 2. The van der Waals surface area contributed by atoms with E-state index in [4.69, 9.17) is 23.2 Å². The molecule has 0 bridgehead atoms. The highest BCUT2D eigenvalue weighted by Crippen LogP contribution is 2.37. The van der Waals surface area contributed by atoms with Gasteiger partial charge in [-0.2, -0.15) is 0 Å². The average Bonchev–Trinajstić information content (AvgIpc) is 3.79. The first-order valence-corrected chi connectivity index (χ1v) is 19.5. The van der Waals surface area contributed by atoms with E-state index in [0.717, 1.165) is 28.1 Å². The lowest BCUT2D eigenvalue weighted by Crippen LogP contribution is -2.47. The van der Waals surface area contributed by atoms with Crippen LogP contribution in [0.15, 0.2) is 71.7 Å². The summed E-state index contributed by atoms with van der Waals surface area (Å²) in [5, 5.41) is 10.0. The summed E-state index contributed by atoms with van der Waals surface area (Å²) in [6.07, 6.45) is 0. The lowest BCUT2D eigenvalue weighted by Gasteiger charge is -2.26. The molecule has 2 aliphatic rings. The van der Waals surface area contributed by atoms with E-state index in [9.17, 15) is 14.0 Å². The minimum absolute atomic E-state index is 0.0272. The molecule has 8 nitrogen and oxygen atoms in total. The SMILES string of the molecule is Fc1c(CBr)cc2scnc2c1-c1cccc(Cl)c1.O=C1CN(Cc2cc3scnc3c(-c3cccc(Cl)c3)c2F)CCN1.O=C1CNCCN1. The van der Waals surface area contributed by atoms with Crippen LogP contribution < -0.4 is 16.0 Å². The van der Waals surface area contributed by atoms with Crippen molar-refractivity contribution in [1.29, 1.82) is 0 Å². The van der Waals surface area contributed by atoms with E-state index in [-0.39, 0.29) is 30.0 Å². The first-order valence-electron chi connectivity index (χ1n) is 15.8. The van der Waals surface area contributed by atoms with Crippen LogP contribution in [-0.2, 0) is 21.5 Å². The van der Waals surface area contributed by atoms with Crippen LogP contribution in [0.25, 0.3) is 42.7 Å². The molecule has 0 radical (unpaired) electrons. The summed E-state index contributed by atoms with van der Waals surface area (Å²) >= 11 is 18.4. The van der Waals surface area contributed by atoms with E-state index in [2.05, 4.69) is 41.8 Å². The van der Waals surface area contributed by atoms with Crippen molar-refractivity contribution in [3.8, 4) is 22.3 Å². The van der Waals surface area contributed by atoms with Crippen molar-refractivity contribution in [3.05, 3.63) is 104 Å². The molecule has 2 fully saturated rings. The summed E-state index contributed by atoms with van der Waals surface area (Å²) in [6.45, 7) is 4.14. The van der Waals surface area contributed by atoms with Gasteiger partial charge in [-0.15, -0.1) is 22.7 Å². The van der Waals surface area contributed by atoms with Crippen molar-refractivity contribution in [2.75, 3.05) is 39.3 Å². The second kappa shape index (κ2) is 17.3. The van der Waals surface area contributed by atoms with Gasteiger partial charge in [0.2, 0.25) is 11.8 Å². The van der Waals surface area contributed by atoms with Crippen LogP contribution in [0.1, 0.15) is 11.1 Å². The summed E-state index contributed by atoms with van der Waals surface area (Å²) in [6, 6.07) is 18.0. The van der Waals surface area contributed by atoms with Crippen molar-refractivity contribution in [2.24, 2.45) is 0 Å². The maximum atomic E-state index is 15.3. The molecule has 0 unspecified atom stereocenters. The van der Waals surface area contributed by atoms with E-state index < -0.39 is 0 Å². The lowest BCUT2D eigenvalue weighted by atomic mass is 10.00. The van der Waals surface area contributed by atoms with Gasteiger partial charge in [0, 0.05) is 70.4 Å². The number of aromatic nitrogens is 2. The number of fused-ring (bicyclic) bond motifs is 2. The number of benzene rings is 4. The maximum Gasteiger partial charge on any atom is 0.234 e. The number of piperazine rings is 2. The second-order valence-electron chi connectivity index (χ2n) is 11.6. The van der Waals surface area contributed by atoms with Crippen molar-refractivity contribution < 1.29 is 18.4 Å². The molecule has 2 aromatic heterocycles. The summed E-state index contributed by atoms with van der Waals surface area (Å²) in [7, 11) is 0. The minimum Gasteiger partial charge on any atom is -0.354 e. The molecule has 2 amide bonds. The number of nitrogens with one attached hydrogen (secondary N) is 3. The van der Waals surface area contributed by atoms with Gasteiger partial charge in [0.05, 0.1) is 44.5 Å². The number of nitrogens with zero attached hydrogens (tertiary/aromatic N) is 3. The third kappa shape index (κ3) is 9.09. The summed E-state index contributed by atoms with van der Waals surface area (Å²) < 4.78 is 31.8. The molecule has 0 spiro atoms. The highest BCUT2D eigenvalue weighted by molar-refractivity contribution is 9.08. The predicted molar refractivity (Wildman–Crippen MR) is 207 cm³/mol. The topological polar surface area (TPSA) is 99.2 Å². The van der Waals surface area contributed by atoms with E-state index in [0.29, 0.717) is 80.4 Å². The smallest absolute Gasteiger partial charge is 0.234 e. The number of carbonyl (C=O) groups excluding carboxylic acids is 2. The molecule has 4 aromatic carbocycles. The number of amides is 2. The zero-order chi connectivity index (χ0) is 35.9. The molecule has 264 valence electrons. The molecule has 4 heterocycles. The number of carbonyl (C=O) groups is 2. The van der Waals surface area contributed by atoms with Gasteiger partial charge in [-0.25, -0.2) is 18.7 Å². The second-order valence-corrected chi connectivity index (χ2v) is 14.8. The number of alkyl halides is 1. The van der Waals surface area contributed by atoms with Crippen LogP contribution >= 0.6 is 61.8 Å². The Morgan fingerprint density at radius 1 is 0.765 bits per heavy atom. The van der Waals surface area contributed by atoms with Gasteiger partial charge < -0.3 is 16.0 Å². The van der Waals surface area contributed by atoms with E-state index >= 15 is 4.39 Å². The van der Waals surface area contributed by atoms with Crippen LogP contribution in [0.2, 0.25) is 10.0 Å². The fourth-order valence-corrected chi connectivity index (χ4v) is 8.00. The van der Waals surface area contributed by atoms with Crippen molar-refractivity contribution in [1.82, 2.24) is 30.8 Å². The molecule has 51 heavy (non-hydrogen) atoms. The lowest BCUT2D eigenvalue weighted by molar-refractivity contribution is -0.124. The zero-order valence-corrected chi connectivity index (χ0v) is 31.7. The molecule has 0 saturated carbocycles. The number of hydrogen-bond donors (Lipinski definition) is 3. The molecule has 0 aliphatic carbocycles. The van der Waals surface area contributed by atoms with Crippen LogP contribution in [0.4, 0.5) is 8.78 Å². The Hall–Kier alpha value is -3.56.